The summed E-state index contributed by atoms with van der Waals surface area (Å²) in [6, 6.07) is 3.53. The summed E-state index contributed by atoms with van der Waals surface area (Å²) in [6.07, 6.45) is 6.14. The van der Waals surface area contributed by atoms with Crippen LogP contribution in [-0.2, 0) is 4.79 Å². The lowest BCUT2D eigenvalue weighted by Gasteiger charge is -2.35. The molecule has 18 heavy (non-hydrogen) atoms. The molecule has 0 atom stereocenters. The van der Waals surface area contributed by atoms with Crippen LogP contribution in [0, 0.1) is 5.92 Å². The zero-order chi connectivity index (χ0) is 13.0. The smallest absolute Gasteiger partial charge is 0.227 e. The van der Waals surface area contributed by atoms with Gasteiger partial charge in [-0.05, 0) is 37.8 Å². The Morgan fingerprint density at radius 3 is 2.61 bits per heavy atom. The number of anilines is 1. The van der Waals surface area contributed by atoms with Gasteiger partial charge in [0.1, 0.15) is 0 Å². The number of nitrogens with one attached hydrogen (secondary N) is 1. The van der Waals surface area contributed by atoms with Gasteiger partial charge in [-0.3, -0.25) is 9.78 Å². The Kier molecular flexibility index (Phi) is 3.93. The molecule has 1 fully saturated rings. The average molecular weight is 249 g/mol. The van der Waals surface area contributed by atoms with Crippen molar-refractivity contribution in [2.75, 3.05) is 11.9 Å². The minimum absolute atomic E-state index is 0.00824. The number of pyridine rings is 1. The van der Waals surface area contributed by atoms with E-state index in [4.69, 9.17) is 5.73 Å². The number of carbonyl (C=O) groups is 1. The van der Waals surface area contributed by atoms with Gasteiger partial charge in [0.2, 0.25) is 5.91 Å². The predicted molar refractivity (Wildman–Crippen MR) is 68.8 cm³/mol. The van der Waals surface area contributed by atoms with Crippen LogP contribution in [0.3, 0.4) is 0 Å². The van der Waals surface area contributed by atoms with Crippen molar-refractivity contribution in [2.45, 2.75) is 31.2 Å². The Balaban J connectivity index is 1.88. The molecule has 1 amide bonds. The number of nitrogens with two attached hydrogens (primary N) is 1. The van der Waals surface area contributed by atoms with Crippen LogP contribution in [-0.4, -0.2) is 28.1 Å². The first-order chi connectivity index (χ1) is 8.63. The second-order valence-electron chi connectivity index (χ2n) is 5.02. The van der Waals surface area contributed by atoms with Crippen LogP contribution in [0.1, 0.15) is 25.7 Å². The Morgan fingerprint density at radius 1 is 1.44 bits per heavy atom. The average Bonchev–Trinajstić information content (AvgIpc) is 2.40. The van der Waals surface area contributed by atoms with E-state index in [1.165, 1.54) is 0 Å². The molecule has 2 rings (SSSR count). The summed E-state index contributed by atoms with van der Waals surface area (Å²) in [5.41, 5.74) is 6.26. The minimum Gasteiger partial charge on any atom is -0.394 e. The SMILES string of the molecule is NC1(CO)CCC(C(=O)Nc2ccncc2)CC1. The normalized spacial score (nSPS) is 27.8. The first-order valence-corrected chi connectivity index (χ1v) is 6.24. The molecule has 0 aliphatic heterocycles. The van der Waals surface area contributed by atoms with Crippen molar-refractivity contribution in [2.24, 2.45) is 11.7 Å². The second-order valence-corrected chi connectivity index (χ2v) is 5.02. The number of hydrogen-bond donors (Lipinski definition) is 3. The molecule has 98 valence electrons. The van der Waals surface area contributed by atoms with E-state index in [0.29, 0.717) is 12.8 Å². The van der Waals surface area contributed by atoms with Gasteiger partial charge in [-0.15, -0.1) is 0 Å². The number of aliphatic hydroxyl groups excluding tert-OH is 1. The molecule has 4 N–H and O–H groups in total. The molecule has 5 nitrogen and oxygen atoms in total. The van der Waals surface area contributed by atoms with Crippen LogP contribution < -0.4 is 11.1 Å². The third-order valence-electron chi connectivity index (χ3n) is 3.61. The van der Waals surface area contributed by atoms with Crippen LogP contribution >= 0.6 is 0 Å². The first kappa shape index (κ1) is 13.0. The van der Waals surface area contributed by atoms with E-state index in [-0.39, 0.29) is 18.4 Å². The second kappa shape index (κ2) is 5.46. The molecule has 1 saturated carbocycles. The van der Waals surface area contributed by atoms with Gasteiger partial charge in [0.05, 0.1) is 6.61 Å². The maximum absolute atomic E-state index is 12.0. The molecule has 0 spiro atoms. The van der Waals surface area contributed by atoms with Crippen LogP contribution in [0.15, 0.2) is 24.5 Å². The lowest BCUT2D eigenvalue weighted by molar-refractivity contribution is -0.121. The number of rotatable bonds is 3. The number of carbonyl (C=O) groups excluding carboxylic acids is 1. The van der Waals surface area contributed by atoms with E-state index in [1.807, 2.05) is 0 Å². The van der Waals surface area contributed by atoms with Gasteiger partial charge in [0, 0.05) is 29.5 Å². The highest BCUT2D eigenvalue weighted by Crippen LogP contribution is 2.30. The summed E-state index contributed by atoms with van der Waals surface area (Å²) < 4.78 is 0. The van der Waals surface area contributed by atoms with Crippen LogP contribution in [0.25, 0.3) is 0 Å². The van der Waals surface area contributed by atoms with Gasteiger partial charge in [-0.1, -0.05) is 0 Å². The van der Waals surface area contributed by atoms with Gasteiger partial charge >= 0.3 is 0 Å². The van der Waals surface area contributed by atoms with Gasteiger partial charge < -0.3 is 16.2 Å². The van der Waals surface area contributed by atoms with E-state index in [9.17, 15) is 9.90 Å². The molecule has 0 unspecified atom stereocenters. The van der Waals surface area contributed by atoms with Crippen LogP contribution in [0.2, 0.25) is 0 Å². The van der Waals surface area contributed by atoms with E-state index in [2.05, 4.69) is 10.3 Å². The Labute approximate surface area is 106 Å². The van der Waals surface area contributed by atoms with Gasteiger partial charge in [-0.25, -0.2) is 0 Å². The molecule has 1 heterocycles. The molecular weight excluding hydrogens is 230 g/mol. The molecule has 1 aromatic heterocycles. The summed E-state index contributed by atoms with van der Waals surface area (Å²) in [6.45, 7) is -0.00824. The van der Waals surface area contributed by atoms with Crippen molar-refractivity contribution in [1.29, 1.82) is 0 Å². The number of amides is 1. The molecule has 1 aliphatic carbocycles. The standard InChI is InChI=1S/C13H19N3O2/c14-13(9-17)5-1-10(2-6-13)12(18)16-11-3-7-15-8-4-11/h3-4,7-8,10,17H,1-2,5-6,9,14H2,(H,15,16,18). The molecule has 0 aromatic carbocycles. The van der Waals surface area contributed by atoms with Crippen LogP contribution in [0.5, 0.6) is 0 Å². The van der Waals surface area contributed by atoms with Crippen molar-refractivity contribution in [3.05, 3.63) is 24.5 Å². The Morgan fingerprint density at radius 2 is 2.06 bits per heavy atom. The number of nitrogens with zero attached hydrogens (tertiary/aromatic N) is 1. The largest absolute Gasteiger partial charge is 0.394 e. The summed E-state index contributed by atoms with van der Waals surface area (Å²) in [7, 11) is 0. The predicted octanol–water partition coefficient (Wildman–Crippen LogP) is 0.900. The lowest BCUT2D eigenvalue weighted by Crippen LogP contribution is -2.47. The fourth-order valence-corrected chi connectivity index (χ4v) is 2.29. The van der Waals surface area contributed by atoms with E-state index in [1.54, 1.807) is 24.5 Å². The summed E-state index contributed by atoms with van der Waals surface area (Å²) in [5, 5.41) is 12.1. The highest BCUT2D eigenvalue weighted by Gasteiger charge is 2.33. The van der Waals surface area contributed by atoms with Crippen molar-refractivity contribution >= 4 is 11.6 Å². The zero-order valence-electron chi connectivity index (χ0n) is 10.3. The minimum atomic E-state index is -0.493. The zero-order valence-corrected chi connectivity index (χ0v) is 10.3. The molecule has 1 aromatic rings. The molecule has 1 aliphatic rings. The Hall–Kier alpha value is -1.46. The third kappa shape index (κ3) is 3.05. The number of aliphatic hydroxyl groups is 1. The molecule has 0 radical (unpaired) electrons. The van der Waals surface area contributed by atoms with Crippen molar-refractivity contribution in [3.8, 4) is 0 Å². The molecule has 0 bridgehead atoms. The van der Waals surface area contributed by atoms with Gasteiger partial charge in [0.15, 0.2) is 0 Å². The summed E-state index contributed by atoms with van der Waals surface area (Å²) >= 11 is 0. The monoisotopic (exact) mass is 249 g/mol. The van der Waals surface area contributed by atoms with Crippen molar-refractivity contribution in [1.82, 2.24) is 4.98 Å². The highest BCUT2D eigenvalue weighted by molar-refractivity contribution is 5.92. The first-order valence-electron chi connectivity index (χ1n) is 6.24. The summed E-state index contributed by atoms with van der Waals surface area (Å²) in [4.78, 5) is 15.9. The van der Waals surface area contributed by atoms with Crippen molar-refractivity contribution < 1.29 is 9.90 Å². The number of hydrogen-bond acceptors (Lipinski definition) is 4. The highest BCUT2D eigenvalue weighted by atomic mass is 16.3. The maximum Gasteiger partial charge on any atom is 0.227 e. The molecule has 0 saturated heterocycles. The van der Waals surface area contributed by atoms with E-state index in [0.717, 1.165) is 18.5 Å². The van der Waals surface area contributed by atoms with Crippen LogP contribution in [0.4, 0.5) is 5.69 Å². The fourth-order valence-electron chi connectivity index (χ4n) is 2.29. The third-order valence-corrected chi connectivity index (χ3v) is 3.61. The van der Waals surface area contributed by atoms with E-state index >= 15 is 0 Å². The topological polar surface area (TPSA) is 88.2 Å². The van der Waals surface area contributed by atoms with E-state index < -0.39 is 5.54 Å². The van der Waals surface area contributed by atoms with Gasteiger partial charge in [0.25, 0.3) is 0 Å². The fraction of sp³-hybridized carbons (Fsp3) is 0.538. The summed E-state index contributed by atoms with van der Waals surface area (Å²) in [5.74, 6) is 0.0163. The maximum atomic E-state index is 12.0. The quantitative estimate of drug-likeness (QED) is 0.742. The van der Waals surface area contributed by atoms with Crippen molar-refractivity contribution in [3.63, 3.8) is 0 Å². The number of aromatic nitrogens is 1. The lowest BCUT2D eigenvalue weighted by atomic mass is 9.77. The molecule has 5 heteroatoms. The Bertz CT molecular complexity index is 400. The van der Waals surface area contributed by atoms with Gasteiger partial charge in [-0.2, -0.15) is 0 Å². The molecular formula is C13H19N3O2.